The summed E-state index contributed by atoms with van der Waals surface area (Å²) >= 11 is 0. The van der Waals surface area contributed by atoms with Crippen molar-refractivity contribution in [3.63, 3.8) is 0 Å². The van der Waals surface area contributed by atoms with Crippen LogP contribution < -0.4 is 5.32 Å². The van der Waals surface area contributed by atoms with Gasteiger partial charge in [0.15, 0.2) is 0 Å². The third-order valence-corrected chi connectivity index (χ3v) is 4.10. The maximum atomic E-state index is 6.00. The summed E-state index contributed by atoms with van der Waals surface area (Å²) in [5, 5.41) is 3.37. The van der Waals surface area contributed by atoms with Gasteiger partial charge < -0.3 is 14.8 Å². The van der Waals surface area contributed by atoms with Crippen molar-refractivity contribution in [3.8, 4) is 0 Å². The van der Waals surface area contributed by atoms with Gasteiger partial charge in [0, 0.05) is 32.3 Å². The number of ether oxygens (including phenoxy) is 2. The molecule has 2 unspecified atom stereocenters. The van der Waals surface area contributed by atoms with E-state index in [9.17, 15) is 0 Å². The van der Waals surface area contributed by atoms with Gasteiger partial charge in [0.05, 0.1) is 6.10 Å². The van der Waals surface area contributed by atoms with E-state index in [0.29, 0.717) is 11.5 Å². The fourth-order valence-electron chi connectivity index (χ4n) is 3.21. The molecule has 1 aliphatic carbocycles. The summed E-state index contributed by atoms with van der Waals surface area (Å²) in [6.07, 6.45) is 6.88. The number of hydrogen-bond acceptors (Lipinski definition) is 3. The summed E-state index contributed by atoms with van der Waals surface area (Å²) in [4.78, 5) is 0. The van der Waals surface area contributed by atoms with Crippen LogP contribution in [0.25, 0.3) is 0 Å². The molecule has 1 aliphatic heterocycles. The first kappa shape index (κ1) is 12.3. The van der Waals surface area contributed by atoms with E-state index in [4.69, 9.17) is 9.47 Å². The normalized spacial score (nSPS) is 34.5. The molecule has 2 fully saturated rings. The van der Waals surface area contributed by atoms with E-state index in [2.05, 4.69) is 12.4 Å². The van der Waals surface area contributed by atoms with Crippen molar-refractivity contribution in [1.29, 1.82) is 0 Å². The van der Waals surface area contributed by atoms with Gasteiger partial charge in [-0.05, 0) is 45.1 Å². The zero-order valence-corrected chi connectivity index (χ0v) is 10.6. The van der Waals surface area contributed by atoms with Gasteiger partial charge >= 0.3 is 0 Å². The van der Waals surface area contributed by atoms with Crippen LogP contribution in [0.15, 0.2) is 0 Å². The summed E-state index contributed by atoms with van der Waals surface area (Å²) in [5.41, 5.74) is 0.383. The average Bonchev–Trinajstić information content (AvgIpc) is 3.03. The van der Waals surface area contributed by atoms with Crippen molar-refractivity contribution in [2.75, 3.05) is 33.9 Å². The molecule has 0 radical (unpaired) electrons. The zero-order valence-electron chi connectivity index (χ0n) is 10.6. The topological polar surface area (TPSA) is 30.5 Å². The Morgan fingerprint density at radius 3 is 2.88 bits per heavy atom. The molecule has 3 heteroatoms. The monoisotopic (exact) mass is 227 g/mol. The summed E-state index contributed by atoms with van der Waals surface area (Å²) < 4.78 is 11.2. The molecule has 0 aromatic carbocycles. The molecule has 0 amide bonds. The van der Waals surface area contributed by atoms with E-state index in [0.717, 1.165) is 32.1 Å². The van der Waals surface area contributed by atoms with E-state index in [1.165, 1.54) is 25.7 Å². The van der Waals surface area contributed by atoms with Crippen molar-refractivity contribution < 1.29 is 9.47 Å². The van der Waals surface area contributed by atoms with E-state index < -0.39 is 0 Å². The van der Waals surface area contributed by atoms with Crippen LogP contribution in [0.2, 0.25) is 0 Å². The molecule has 2 rings (SSSR count). The molecular formula is C13H25NO2. The first-order chi connectivity index (χ1) is 7.82. The highest BCUT2D eigenvalue weighted by atomic mass is 16.5. The molecule has 1 N–H and O–H groups in total. The van der Waals surface area contributed by atoms with Crippen molar-refractivity contribution in [1.82, 2.24) is 5.32 Å². The Bertz CT molecular complexity index is 218. The highest BCUT2D eigenvalue weighted by Gasteiger charge is 2.49. The van der Waals surface area contributed by atoms with Gasteiger partial charge in [-0.3, -0.25) is 0 Å². The fourth-order valence-corrected chi connectivity index (χ4v) is 3.21. The molecule has 16 heavy (non-hydrogen) atoms. The van der Waals surface area contributed by atoms with Crippen LogP contribution >= 0.6 is 0 Å². The SMILES string of the molecule is CNCC1(CCCOC)CCOC1C1CC1. The Labute approximate surface area is 98.9 Å². The minimum Gasteiger partial charge on any atom is -0.385 e. The quantitative estimate of drug-likeness (QED) is 0.673. The molecule has 0 bridgehead atoms. The zero-order chi connectivity index (χ0) is 11.4. The maximum Gasteiger partial charge on any atom is 0.0672 e. The molecule has 1 saturated carbocycles. The number of hydrogen-bond donors (Lipinski definition) is 1. The van der Waals surface area contributed by atoms with E-state index >= 15 is 0 Å². The Hall–Kier alpha value is -0.120. The summed E-state index contributed by atoms with van der Waals surface area (Å²) in [6, 6.07) is 0. The molecule has 2 aliphatic rings. The van der Waals surface area contributed by atoms with Crippen LogP contribution in [0.3, 0.4) is 0 Å². The first-order valence-electron chi connectivity index (χ1n) is 6.57. The van der Waals surface area contributed by atoms with Gasteiger partial charge in [-0.2, -0.15) is 0 Å². The largest absolute Gasteiger partial charge is 0.385 e. The molecule has 2 atom stereocenters. The number of rotatable bonds is 7. The third kappa shape index (κ3) is 2.58. The van der Waals surface area contributed by atoms with Gasteiger partial charge in [0.1, 0.15) is 0 Å². The number of nitrogens with one attached hydrogen (secondary N) is 1. The van der Waals surface area contributed by atoms with Crippen molar-refractivity contribution in [3.05, 3.63) is 0 Å². The summed E-state index contributed by atoms with van der Waals surface area (Å²) in [6.45, 7) is 2.93. The standard InChI is InChI=1S/C13H25NO2/c1-14-10-13(6-3-8-15-2)7-9-16-12(13)11-4-5-11/h11-12,14H,3-10H2,1-2H3. The van der Waals surface area contributed by atoms with E-state index in [-0.39, 0.29) is 0 Å². The lowest BCUT2D eigenvalue weighted by Crippen LogP contribution is -2.41. The van der Waals surface area contributed by atoms with Crippen LogP contribution in [0.4, 0.5) is 0 Å². The predicted octanol–water partition coefficient (Wildman–Crippen LogP) is 1.82. The highest BCUT2D eigenvalue weighted by molar-refractivity contribution is 5.00. The summed E-state index contributed by atoms with van der Waals surface area (Å²) in [5.74, 6) is 0.846. The Morgan fingerprint density at radius 1 is 1.44 bits per heavy atom. The average molecular weight is 227 g/mol. The summed E-state index contributed by atoms with van der Waals surface area (Å²) in [7, 11) is 3.84. The van der Waals surface area contributed by atoms with Crippen molar-refractivity contribution in [2.45, 2.75) is 38.2 Å². The first-order valence-corrected chi connectivity index (χ1v) is 6.57. The van der Waals surface area contributed by atoms with Gasteiger partial charge in [-0.1, -0.05) is 0 Å². The Morgan fingerprint density at radius 2 is 2.25 bits per heavy atom. The molecule has 1 saturated heterocycles. The van der Waals surface area contributed by atoms with Crippen LogP contribution in [0.5, 0.6) is 0 Å². The molecule has 0 aromatic heterocycles. The third-order valence-electron chi connectivity index (χ3n) is 4.10. The molecule has 0 spiro atoms. The minimum atomic E-state index is 0.383. The minimum absolute atomic E-state index is 0.383. The Kier molecular flexibility index (Phi) is 4.22. The molecule has 3 nitrogen and oxygen atoms in total. The van der Waals surface area contributed by atoms with E-state index in [1.807, 2.05) is 0 Å². The second-order valence-electron chi connectivity index (χ2n) is 5.37. The smallest absolute Gasteiger partial charge is 0.0672 e. The second kappa shape index (κ2) is 5.48. The maximum absolute atomic E-state index is 6.00. The van der Waals surface area contributed by atoms with Gasteiger partial charge in [-0.15, -0.1) is 0 Å². The fraction of sp³-hybridized carbons (Fsp3) is 1.00. The second-order valence-corrected chi connectivity index (χ2v) is 5.37. The van der Waals surface area contributed by atoms with E-state index in [1.54, 1.807) is 7.11 Å². The van der Waals surface area contributed by atoms with Crippen LogP contribution in [0.1, 0.15) is 32.1 Å². The van der Waals surface area contributed by atoms with Crippen molar-refractivity contribution in [2.24, 2.45) is 11.3 Å². The Balaban J connectivity index is 1.94. The lowest BCUT2D eigenvalue weighted by Gasteiger charge is -2.34. The lowest BCUT2D eigenvalue weighted by atomic mass is 9.75. The molecule has 0 aromatic rings. The van der Waals surface area contributed by atoms with Crippen LogP contribution in [-0.2, 0) is 9.47 Å². The molecular weight excluding hydrogens is 202 g/mol. The predicted molar refractivity (Wildman–Crippen MR) is 64.6 cm³/mol. The van der Waals surface area contributed by atoms with Crippen LogP contribution in [-0.4, -0.2) is 40.0 Å². The molecule has 94 valence electrons. The van der Waals surface area contributed by atoms with Crippen LogP contribution in [0, 0.1) is 11.3 Å². The van der Waals surface area contributed by atoms with Gasteiger partial charge in [0.25, 0.3) is 0 Å². The number of methoxy groups -OCH3 is 1. The highest BCUT2D eigenvalue weighted by Crippen LogP contribution is 2.49. The lowest BCUT2D eigenvalue weighted by molar-refractivity contribution is 0.0232. The van der Waals surface area contributed by atoms with Gasteiger partial charge in [-0.25, -0.2) is 0 Å². The van der Waals surface area contributed by atoms with Crippen molar-refractivity contribution >= 4 is 0 Å². The van der Waals surface area contributed by atoms with Gasteiger partial charge in [0.2, 0.25) is 0 Å². The molecule has 1 heterocycles.